The second kappa shape index (κ2) is 6.05. The van der Waals surface area contributed by atoms with Crippen molar-refractivity contribution in [1.29, 1.82) is 0 Å². The Hall–Kier alpha value is -2.29. The molecule has 0 heterocycles. The van der Waals surface area contributed by atoms with E-state index in [1.165, 1.54) is 5.56 Å². The average Bonchev–Trinajstić information content (AvgIpc) is 2.41. The molecule has 0 spiro atoms. The number of anilines is 1. The number of carbonyl (C=O) groups excluding carboxylic acids is 1. The minimum Gasteiger partial charge on any atom is -0.461 e. The van der Waals surface area contributed by atoms with E-state index in [2.05, 4.69) is 0 Å². The summed E-state index contributed by atoms with van der Waals surface area (Å²) in [6.45, 7) is 2.32. The van der Waals surface area contributed by atoms with Crippen LogP contribution in [0.15, 0.2) is 48.5 Å². The van der Waals surface area contributed by atoms with Gasteiger partial charge in [0.1, 0.15) is 6.61 Å². The van der Waals surface area contributed by atoms with Gasteiger partial charge in [-0.25, -0.2) is 0 Å². The molecule has 19 heavy (non-hydrogen) atoms. The maximum atomic E-state index is 11.7. The normalized spacial score (nSPS) is 10.2. The highest BCUT2D eigenvalue weighted by Gasteiger charge is 2.07. The number of aryl methyl sites for hydroxylation is 1. The second-order valence-electron chi connectivity index (χ2n) is 4.52. The number of carbonyl (C=O) groups is 1. The quantitative estimate of drug-likeness (QED) is 0.675. The Morgan fingerprint density at radius 1 is 1.11 bits per heavy atom. The number of ether oxygens (including phenoxy) is 1. The molecular weight excluding hydrogens is 238 g/mol. The number of hydrogen-bond donors (Lipinski definition) is 1. The summed E-state index contributed by atoms with van der Waals surface area (Å²) < 4.78 is 5.23. The molecule has 0 fully saturated rings. The van der Waals surface area contributed by atoms with Crippen molar-refractivity contribution in [1.82, 2.24) is 0 Å². The number of rotatable bonds is 4. The van der Waals surface area contributed by atoms with Crippen LogP contribution >= 0.6 is 0 Å². The zero-order valence-corrected chi connectivity index (χ0v) is 10.9. The fraction of sp³-hybridized carbons (Fsp3) is 0.188. The van der Waals surface area contributed by atoms with Crippen LogP contribution in [0.2, 0.25) is 0 Å². The van der Waals surface area contributed by atoms with Gasteiger partial charge in [0.2, 0.25) is 0 Å². The van der Waals surface area contributed by atoms with E-state index in [9.17, 15) is 4.79 Å². The van der Waals surface area contributed by atoms with Crippen molar-refractivity contribution in [2.45, 2.75) is 20.0 Å². The molecular formula is C16H17NO2. The monoisotopic (exact) mass is 255 g/mol. The van der Waals surface area contributed by atoms with Crippen molar-refractivity contribution >= 4 is 11.7 Å². The Morgan fingerprint density at radius 3 is 2.47 bits per heavy atom. The largest absolute Gasteiger partial charge is 0.461 e. The van der Waals surface area contributed by atoms with Gasteiger partial charge in [0, 0.05) is 5.69 Å². The molecule has 0 aliphatic rings. The average molecular weight is 255 g/mol. The summed E-state index contributed by atoms with van der Waals surface area (Å²) >= 11 is 0. The first kappa shape index (κ1) is 13.1. The van der Waals surface area contributed by atoms with Gasteiger partial charge < -0.3 is 10.5 Å². The van der Waals surface area contributed by atoms with Gasteiger partial charge in [0.25, 0.3) is 0 Å². The van der Waals surface area contributed by atoms with Gasteiger partial charge in [-0.3, -0.25) is 4.79 Å². The number of para-hydroxylation sites is 1. The Morgan fingerprint density at radius 2 is 1.79 bits per heavy atom. The third-order valence-electron chi connectivity index (χ3n) is 2.91. The van der Waals surface area contributed by atoms with Crippen molar-refractivity contribution in [3.63, 3.8) is 0 Å². The Kier molecular flexibility index (Phi) is 4.18. The molecule has 3 heteroatoms. The zero-order valence-electron chi connectivity index (χ0n) is 10.9. The molecule has 2 N–H and O–H groups in total. The standard InChI is InChI=1S/C16H17NO2/c1-12-6-8-13(9-7-12)11-19-16(18)10-14-4-2-3-5-15(14)17/h2-9H,10-11,17H2,1H3. The summed E-state index contributed by atoms with van der Waals surface area (Å²) in [6.07, 6.45) is 0.207. The summed E-state index contributed by atoms with van der Waals surface area (Å²) in [4.78, 5) is 11.7. The third-order valence-corrected chi connectivity index (χ3v) is 2.91. The lowest BCUT2D eigenvalue weighted by Gasteiger charge is -2.07. The van der Waals surface area contributed by atoms with Crippen molar-refractivity contribution < 1.29 is 9.53 Å². The summed E-state index contributed by atoms with van der Waals surface area (Å²) in [7, 11) is 0. The smallest absolute Gasteiger partial charge is 0.310 e. The highest BCUT2D eigenvalue weighted by atomic mass is 16.5. The second-order valence-corrected chi connectivity index (χ2v) is 4.52. The fourth-order valence-electron chi connectivity index (χ4n) is 1.75. The molecule has 0 radical (unpaired) electrons. The van der Waals surface area contributed by atoms with Crippen LogP contribution in [-0.4, -0.2) is 5.97 Å². The lowest BCUT2D eigenvalue weighted by atomic mass is 10.1. The van der Waals surface area contributed by atoms with Crippen LogP contribution in [0.4, 0.5) is 5.69 Å². The molecule has 0 aliphatic carbocycles. The molecule has 0 aliphatic heterocycles. The van der Waals surface area contributed by atoms with Crippen molar-refractivity contribution in [2.24, 2.45) is 0 Å². The first-order valence-corrected chi connectivity index (χ1v) is 6.19. The van der Waals surface area contributed by atoms with Crippen molar-refractivity contribution in [3.05, 3.63) is 65.2 Å². The minimum atomic E-state index is -0.265. The number of nitrogens with two attached hydrogens (primary N) is 1. The molecule has 0 saturated carbocycles. The van der Waals surface area contributed by atoms with Gasteiger partial charge in [-0.2, -0.15) is 0 Å². The van der Waals surface area contributed by atoms with Crippen LogP contribution < -0.4 is 5.73 Å². The topological polar surface area (TPSA) is 52.3 Å². The van der Waals surface area contributed by atoms with Crippen LogP contribution in [0, 0.1) is 6.92 Å². The maximum Gasteiger partial charge on any atom is 0.310 e. The van der Waals surface area contributed by atoms with E-state index < -0.39 is 0 Å². The summed E-state index contributed by atoms with van der Waals surface area (Å²) in [5.74, 6) is -0.265. The van der Waals surface area contributed by atoms with Gasteiger partial charge in [0.05, 0.1) is 6.42 Å². The van der Waals surface area contributed by atoms with Gasteiger partial charge in [0.15, 0.2) is 0 Å². The predicted molar refractivity (Wildman–Crippen MR) is 75.5 cm³/mol. The van der Waals surface area contributed by atoms with E-state index >= 15 is 0 Å². The molecule has 2 rings (SSSR count). The van der Waals surface area contributed by atoms with Crippen LogP contribution in [0.25, 0.3) is 0 Å². The fourth-order valence-corrected chi connectivity index (χ4v) is 1.75. The van der Waals surface area contributed by atoms with Gasteiger partial charge in [-0.15, -0.1) is 0 Å². The van der Waals surface area contributed by atoms with Crippen LogP contribution in [-0.2, 0) is 22.6 Å². The van der Waals surface area contributed by atoms with Crippen LogP contribution in [0.3, 0.4) is 0 Å². The minimum absolute atomic E-state index is 0.207. The molecule has 0 aromatic heterocycles. The van der Waals surface area contributed by atoms with E-state index in [1.807, 2.05) is 49.4 Å². The molecule has 2 aromatic carbocycles. The van der Waals surface area contributed by atoms with E-state index in [0.717, 1.165) is 11.1 Å². The highest BCUT2D eigenvalue weighted by molar-refractivity contribution is 5.74. The van der Waals surface area contributed by atoms with Gasteiger partial charge in [-0.1, -0.05) is 48.0 Å². The SMILES string of the molecule is Cc1ccc(COC(=O)Cc2ccccc2N)cc1. The number of benzene rings is 2. The molecule has 0 unspecified atom stereocenters. The van der Waals surface area contributed by atoms with E-state index in [0.29, 0.717) is 12.3 Å². The number of esters is 1. The first-order chi connectivity index (χ1) is 9.15. The Balaban J connectivity index is 1.88. The van der Waals surface area contributed by atoms with E-state index in [4.69, 9.17) is 10.5 Å². The predicted octanol–water partition coefficient (Wildman–Crippen LogP) is 2.86. The lowest BCUT2D eigenvalue weighted by molar-refractivity contribution is -0.144. The molecule has 2 aromatic rings. The molecule has 0 saturated heterocycles. The Bertz CT molecular complexity index is 561. The molecule has 98 valence electrons. The van der Waals surface area contributed by atoms with Gasteiger partial charge in [-0.05, 0) is 24.1 Å². The molecule has 3 nitrogen and oxygen atoms in total. The summed E-state index contributed by atoms with van der Waals surface area (Å²) in [6, 6.07) is 15.2. The first-order valence-electron chi connectivity index (χ1n) is 6.19. The number of nitrogen functional groups attached to an aromatic ring is 1. The number of hydrogen-bond acceptors (Lipinski definition) is 3. The van der Waals surface area contributed by atoms with Crippen LogP contribution in [0.5, 0.6) is 0 Å². The van der Waals surface area contributed by atoms with Gasteiger partial charge >= 0.3 is 5.97 Å². The Labute approximate surface area is 113 Å². The van der Waals surface area contributed by atoms with Crippen molar-refractivity contribution in [2.75, 3.05) is 5.73 Å². The highest BCUT2D eigenvalue weighted by Crippen LogP contribution is 2.12. The van der Waals surface area contributed by atoms with Crippen LogP contribution in [0.1, 0.15) is 16.7 Å². The lowest BCUT2D eigenvalue weighted by Crippen LogP contribution is -2.09. The summed E-state index contributed by atoms with van der Waals surface area (Å²) in [5.41, 5.74) is 9.38. The maximum absolute atomic E-state index is 11.7. The third kappa shape index (κ3) is 3.85. The van der Waals surface area contributed by atoms with E-state index in [1.54, 1.807) is 6.07 Å². The molecule has 0 atom stereocenters. The zero-order chi connectivity index (χ0) is 13.7. The van der Waals surface area contributed by atoms with E-state index in [-0.39, 0.29) is 12.4 Å². The molecule has 0 bridgehead atoms. The van der Waals surface area contributed by atoms with Crippen molar-refractivity contribution in [3.8, 4) is 0 Å². The molecule has 0 amide bonds. The summed E-state index contributed by atoms with van der Waals surface area (Å²) in [5, 5.41) is 0.